The van der Waals surface area contributed by atoms with Crippen LogP contribution < -0.4 is 5.32 Å². The van der Waals surface area contributed by atoms with Gasteiger partial charge >= 0.3 is 12.1 Å². The molecule has 0 bridgehead atoms. The lowest BCUT2D eigenvalue weighted by Crippen LogP contribution is -2.57. The number of rotatable bonds is 1. The van der Waals surface area contributed by atoms with Crippen LogP contribution >= 0.6 is 22.6 Å². The predicted molar refractivity (Wildman–Crippen MR) is 102 cm³/mol. The second-order valence-corrected chi connectivity index (χ2v) is 8.15. The first-order valence-electron chi connectivity index (χ1n) is 7.97. The van der Waals surface area contributed by atoms with E-state index in [1.54, 1.807) is 9.80 Å². The van der Waals surface area contributed by atoms with Gasteiger partial charge in [0.25, 0.3) is 0 Å². The Hall–Kier alpha value is -1.51. The van der Waals surface area contributed by atoms with Crippen LogP contribution in [0.25, 0.3) is 0 Å². The third-order valence-corrected chi connectivity index (χ3v) is 4.35. The molecular formula is C17H24IN3O3. The summed E-state index contributed by atoms with van der Waals surface area (Å²) in [6.07, 6.45) is -0.327. The molecule has 1 fully saturated rings. The Morgan fingerprint density at radius 2 is 1.83 bits per heavy atom. The minimum Gasteiger partial charge on any atom is -0.444 e. The van der Waals surface area contributed by atoms with E-state index in [1.165, 1.54) is 0 Å². The van der Waals surface area contributed by atoms with Crippen molar-refractivity contribution in [2.24, 2.45) is 0 Å². The lowest BCUT2D eigenvalue weighted by Gasteiger charge is -2.40. The van der Waals surface area contributed by atoms with Gasteiger partial charge in [0, 0.05) is 34.9 Å². The number of urea groups is 1. The van der Waals surface area contributed by atoms with E-state index in [4.69, 9.17) is 4.74 Å². The number of ether oxygens (including phenoxy) is 1. The molecule has 1 N–H and O–H groups in total. The standard InChI is InChI=1S/C17H24IN3O3/c1-12-11-20(16(23)24-17(2,3)4)9-10-21(12)15(22)19-14-7-5-13(18)6-8-14/h5-8,12H,9-11H2,1-4H3,(H,19,22). The fourth-order valence-corrected chi connectivity index (χ4v) is 2.84. The van der Waals surface area contributed by atoms with Crippen LogP contribution in [0.4, 0.5) is 15.3 Å². The summed E-state index contributed by atoms with van der Waals surface area (Å²) >= 11 is 2.22. The van der Waals surface area contributed by atoms with Gasteiger partial charge in [-0.3, -0.25) is 0 Å². The predicted octanol–water partition coefficient (Wildman–Crippen LogP) is 3.76. The number of nitrogens with one attached hydrogen (secondary N) is 1. The van der Waals surface area contributed by atoms with Crippen molar-refractivity contribution in [1.29, 1.82) is 0 Å². The molecule has 132 valence electrons. The van der Waals surface area contributed by atoms with E-state index < -0.39 is 5.60 Å². The average Bonchev–Trinajstić information content (AvgIpc) is 2.47. The summed E-state index contributed by atoms with van der Waals surface area (Å²) in [5.74, 6) is 0. The SMILES string of the molecule is CC1CN(C(=O)OC(C)(C)C)CCN1C(=O)Nc1ccc(I)cc1. The van der Waals surface area contributed by atoms with Crippen molar-refractivity contribution < 1.29 is 14.3 Å². The van der Waals surface area contributed by atoms with Gasteiger partial charge in [0.15, 0.2) is 0 Å². The molecule has 6 nitrogen and oxygen atoms in total. The van der Waals surface area contributed by atoms with Crippen molar-refractivity contribution in [3.05, 3.63) is 27.8 Å². The monoisotopic (exact) mass is 445 g/mol. The molecule has 1 saturated heterocycles. The van der Waals surface area contributed by atoms with Gasteiger partial charge in [0.05, 0.1) is 0 Å². The molecule has 1 aliphatic rings. The normalized spacial score (nSPS) is 18.3. The highest BCUT2D eigenvalue weighted by Gasteiger charge is 2.32. The van der Waals surface area contributed by atoms with Gasteiger partial charge in [0.2, 0.25) is 0 Å². The van der Waals surface area contributed by atoms with Crippen LogP contribution in [-0.4, -0.2) is 53.2 Å². The van der Waals surface area contributed by atoms with Crippen molar-refractivity contribution in [3.63, 3.8) is 0 Å². The van der Waals surface area contributed by atoms with Crippen LogP contribution in [0.5, 0.6) is 0 Å². The molecule has 0 aromatic heterocycles. The maximum absolute atomic E-state index is 12.4. The zero-order valence-corrected chi connectivity index (χ0v) is 16.7. The number of carbonyl (C=O) groups is 2. The maximum Gasteiger partial charge on any atom is 0.410 e. The van der Waals surface area contributed by atoms with Crippen LogP contribution in [0.3, 0.4) is 0 Å². The van der Waals surface area contributed by atoms with Gasteiger partial charge in [-0.05, 0) is 74.6 Å². The number of piperazine rings is 1. The van der Waals surface area contributed by atoms with Crippen molar-refractivity contribution in [3.8, 4) is 0 Å². The first-order chi connectivity index (χ1) is 11.2. The molecule has 0 saturated carbocycles. The molecule has 0 radical (unpaired) electrons. The number of amides is 3. The summed E-state index contributed by atoms with van der Waals surface area (Å²) in [5.41, 5.74) is 0.252. The summed E-state index contributed by atoms with van der Waals surface area (Å²) < 4.78 is 6.51. The highest BCUT2D eigenvalue weighted by Crippen LogP contribution is 2.17. The van der Waals surface area contributed by atoms with Crippen molar-refractivity contribution in [2.45, 2.75) is 39.3 Å². The number of benzene rings is 1. The first-order valence-corrected chi connectivity index (χ1v) is 9.05. The van der Waals surface area contributed by atoms with E-state index in [2.05, 4.69) is 27.9 Å². The fourth-order valence-electron chi connectivity index (χ4n) is 2.48. The van der Waals surface area contributed by atoms with E-state index in [0.29, 0.717) is 19.6 Å². The number of nitrogens with zero attached hydrogens (tertiary/aromatic N) is 2. The van der Waals surface area contributed by atoms with E-state index in [1.807, 2.05) is 52.0 Å². The molecule has 1 unspecified atom stereocenters. The molecule has 7 heteroatoms. The van der Waals surface area contributed by atoms with Crippen molar-refractivity contribution in [2.75, 3.05) is 25.0 Å². The van der Waals surface area contributed by atoms with Crippen LogP contribution in [-0.2, 0) is 4.74 Å². The molecular weight excluding hydrogens is 421 g/mol. The smallest absolute Gasteiger partial charge is 0.410 e. The third-order valence-electron chi connectivity index (χ3n) is 3.64. The Bertz CT molecular complexity index is 598. The van der Waals surface area contributed by atoms with Crippen LogP contribution in [0.1, 0.15) is 27.7 Å². The van der Waals surface area contributed by atoms with E-state index in [0.717, 1.165) is 9.26 Å². The Kier molecular flexibility index (Phi) is 5.95. The van der Waals surface area contributed by atoms with Gasteiger partial charge in [-0.1, -0.05) is 0 Å². The molecule has 1 aliphatic heterocycles. The topological polar surface area (TPSA) is 61.9 Å². The Morgan fingerprint density at radius 1 is 1.21 bits per heavy atom. The molecule has 1 atom stereocenters. The molecule has 3 amide bonds. The number of hydrogen-bond acceptors (Lipinski definition) is 3. The van der Waals surface area contributed by atoms with Gasteiger partial charge < -0.3 is 19.9 Å². The van der Waals surface area contributed by atoms with Crippen LogP contribution in [0.15, 0.2) is 24.3 Å². The van der Waals surface area contributed by atoms with Crippen molar-refractivity contribution >= 4 is 40.4 Å². The van der Waals surface area contributed by atoms with E-state index in [-0.39, 0.29) is 18.2 Å². The largest absolute Gasteiger partial charge is 0.444 e. The van der Waals surface area contributed by atoms with Crippen LogP contribution in [0, 0.1) is 3.57 Å². The molecule has 2 rings (SSSR count). The molecule has 24 heavy (non-hydrogen) atoms. The van der Waals surface area contributed by atoms with Crippen molar-refractivity contribution in [1.82, 2.24) is 9.80 Å². The summed E-state index contributed by atoms with van der Waals surface area (Å²) in [5, 5.41) is 2.90. The minimum absolute atomic E-state index is 0.0740. The average molecular weight is 445 g/mol. The first kappa shape index (κ1) is 18.8. The molecule has 1 aromatic carbocycles. The molecule has 1 heterocycles. The van der Waals surface area contributed by atoms with E-state index in [9.17, 15) is 9.59 Å². The third kappa shape index (κ3) is 5.25. The van der Waals surface area contributed by atoms with Gasteiger partial charge in [-0.25, -0.2) is 9.59 Å². The van der Waals surface area contributed by atoms with E-state index >= 15 is 0 Å². The molecule has 0 aliphatic carbocycles. The zero-order valence-electron chi connectivity index (χ0n) is 14.5. The maximum atomic E-state index is 12.4. The van der Waals surface area contributed by atoms with Gasteiger partial charge in [-0.2, -0.15) is 0 Å². The molecule has 0 spiro atoms. The second-order valence-electron chi connectivity index (χ2n) is 6.91. The minimum atomic E-state index is -0.514. The Balaban J connectivity index is 1.91. The quantitative estimate of drug-likeness (QED) is 0.670. The Morgan fingerprint density at radius 3 is 2.38 bits per heavy atom. The zero-order chi connectivity index (χ0) is 17.9. The number of halogens is 1. The lowest BCUT2D eigenvalue weighted by atomic mass is 10.2. The summed E-state index contributed by atoms with van der Waals surface area (Å²) in [7, 11) is 0. The second kappa shape index (κ2) is 7.58. The number of hydrogen-bond donors (Lipinski definition) is 1. The fraction of sp³-hybridized carbons (Fsp3) is 0.529. The van der Waals surface area contributed by atoms with Gasteiger partial charge in [-0.15, -0.1) is 0 Å². The number of anilines is 1. The lowest BCUT2D eigenvalue weighted by molar-refractivity contribution is 0.0112. The number of carbonyl (C=O) groups excluding carboxylic acids is 2. The van der Waals surface area contributed by atoms with Crippen LogP contribution in [0.2, 0.25) is 0 Å². The highest BCUT2D eigenvalue weighted by molar-refractivity contribution is 14.1. The summed E-state index contributed by atoms with van der Waals surface area (Å²) in [4.78, 5) is 28.0. The Labute approximate surface area is 156 Å². The molecule has 1 aromatic rings. The summed E-state index contributed by atoms with van der Waals surface area (Å²) in [6.45, 7) is 8.90. The summed E-state index contributed by atoms with van der Waals surface area (Å²) in [6, 6.07) is 7.42. The highest BCUT2D eigenvalue weighted by atomic mass is 127. The van der Waals surface area contributed by atoms with Gasteiger partial charge in [0.1, 0.15) is 5.60 Å².